The maximum Gasteiger partial charge on any atom is 0.0619 e. The van der Waals surface area contributed by atoms with Crippen LogP contribution in [0.1, 0.15) is 5.56 Å². The van der Waals surface area contributed by atoms with Crippen LogP contribution < -0.4 is 9.80 Å². The molecule has 2 heteroatoms. The molecule has 0 amide bonds. The van der Waals surface area contributed by atoms with E-state index in [2.05, 4.69) is 302 Å². The summed E-state index contributed by atoms with van der Waals surface area (Å²) in [7, 11) is 0. The molecular formula is C75H50N2. The number of hydrogen-bond acceptors (Lipinski definition) is 2. The second-order valence-electron chi connectivity index (χ2n) is 20.4. The van der Waals surface area contributed by atoms with Crippen molar-refractivity contribution in [3.05, 3.63) is 291 Å². The van der Waals surface area contributed by atoms with Crippen LogP contribution >= 0.6 is 0 Å². The highest BCUT2D eigenvalue weighted by molar-refractivity contribution is 6.27. The molecule has 77 heavy (non-hydrogen) atoms. The summed E-state index contributed by atoms with van der Waals surface area (Å²) in [6, 6.07) is 105. The predicted molar refractivity (Wildman–Crippen MR) is 331 cm³/mol. The Kier molecular flexibility index (Phi) is 10.5. The third-order valence-corrected chi connectivity index (χ3v) is 15.9. The lowest BCUT2D eigenvalue weighted by Gasteiger charge is -2.31. The minimum Gasteiger partial charge on any atom is -0.309 e. The number of anilines is 6. The number of para-hydroxylation sites is 2. The first-order valence-corrected chi connectivity index (χ1v) is 26.7. The molecule has 0 N–H and O–H groups in total. The second-order valence-corrected chi connectivity index (χ2v) is 20.4. The van der Waals surface area contributed by atoms with Gasteiger partial charge in [0.25, 0.3) is 0 Å². The largest absolute Gasteiger partial charge is 0.309 e. The predicted octanol–water partition coefficient (Wildman–Crippen LogP) is 21.5. The Morgan fingerprint density at radius 3 is 0.844 bits per heavy atom. The van der Waals surface area contributed by atoms with Crippen LogP contribution in [0.3, 0.4) is 0 Å². The molecule has 0 fully saturated rings. The maximum absolute atomic E-state index is 2.52. The zero-order chi connectivity index (χ0) is 51.0. The fraction of sp³-hybridized carbons (Fsp3) is 0.0133. The molecule has 2 nitrogen and oxygen atoms in total. The highest BCUT2D eigenvalue weighted by Gasteiger charge is 2.27. The summed E-state index contributed by atoms with van der Waals surface area (Å²) in [6.45, 7) is 2.26. The summed E-state index contributed by atoms with van der Waals surface area (Å²) in [5.41, 5.74) is 12.9. The van der Waals surface area contributed by atoms with Gasteiger partial charge >= 0.3 is 0 Å². The molecule has 0 atom stereocenters. The van der Waals surface area contributed by atoms with E-state index in [1.807, 2.05) is 0 Å². The average Bonchev–Trinajstić information content (AvgIpc) is 3.60. The lowest BCUT2D eigenvalue weighted by molar-refractivity contribution is 1.33. The van der Waals surface area contributed by atoms with E-state index in [0.29, 0.717) is 0 Å². The highest BCUT2D eigenvalue weighted by atomic mass is 15.2. The summed E-state index contributed by atoms with van der Waals surface area (Å²) in [4.78, 5) is 5.04. The number of rotatable bonds is 8. The zero-order valence-corrected chi connectivity index (χ0v) is 42.5. The maximum atomic E-state index is 2.52. The highest BCUT2D eigenvalue weighted by Crippen LogP contribution is 2.53. The number of nitrogens with zero attached hydrogens (tertiary/aromatic N) is 2. The van der Waals surface area contributed by atoms with Crippen molar-refractivity contribution in [2.45, 2.75) is 6.92 Å². The third-order valence-electron chi connectivity index (χ3n) is 15.9. The second kappa shape index (κ2) is 18.1. The molecule has 0 spiro atoms. The zero-order valence-electron chi connectivity index (χ0n) is 42.5. The van der Waals surface area contributed by atoms with Crippen LogP contribution in [-0.2, 0) is 0 Å². The van der Waals surface area contributed by atoms with Gasteiger partial charge in [-0.15, -0.1) is 0 Å². The smallest absolute Gasteiger partial charge is 0.0619 e. The van der Waals surface area contributed by atoms with Gasteiger partial charge in [0.2, 0.25) is 0 Å². The van der Waals surface area contributed by atoms with Gasteiger partial charge in [0.1, 0.15) is 0 Å². The van der Waals surface area contributed by atoms with E-state index in [1.165, 1.54) is 114 Å². The van der Waals surface area contributed by atoms with E-state index in [4.69, 9.17) is 0 Å². The van der Waals surface area contributed by atoms with Crippen LogP contribution in [-0.4, -0.2) is 0 Å². The van der Waals surface area contributed by atoms with Crippen molar-refractivity contribution in [3.8, 4) is 22.3 Å². The molecule has 0 saturated heterocycles. The van der Waals surface area contributed by atoms with Crippen molar-refractivity contribution in [3.63, 3.8) is 0 Å². The van der Waals surface area contributed by atoms with Crippen LogP contribution in [0, 0.1) is 6.92 Å². The number of fused-ring (bicyclic) bond motifs is 10. The Labute approximate surface area is 447 Å². The van der Waals surface area contributed by atoms with Crippen LogP contribution in [0.2, 0.25) is 0 Å². The molecule has 0 aliphatic heterocycles. The molecule has 0 saturated carbocycles. The summed E-state index contributed by atoms with van der Waals surface area (Å²) in [5, 5.41) is 19.4. The standard InChI is InChI=1S/C75H50N2/c1-49-44-52(72-62-36-16-20-40-66(62)74(67-41-21-17-37-63(67)72)76(54-26-4-2-5-27-54)70-47-50-24-8-10-30-56(50)58-32-12-14-34-60(58)70)46-53(45-49)73-64-38-18-22-42-68(64)75(69-43-23-19-39-65(69)73)77(55-28-6-3-7-29-55)71-48-51-25-9-11-31-57(51)59-33-13-15-35-61(59)71/h2-48H,1H3. The monoisotopic (exact) mass is 978 g/mol. The van der Waals surface area contributed by atoms with Crippen molar-refractivity contribution < 1.29 is 0 Å². The molecule has 0 heterocycles. The van der Waals surface area contributed by atoms with E-state index in [9.17, 15) is 0 Å². The summed E-state index contributed by atoms with van der Waals surface area (Å²) < 4.78 is 0. The molecule has 0 aliphatic carbocycles. The Hall–Kier alpha value is -10.0. The Bertz CT molecular complexity index is 4410. The minimum atomic E-state index is 1.11. The van der Waals surface area contributed by atoms with E-state index in [0.717, 1.165) is 34.1 Å². The third kappa shape index (κ3) is 7.18. The van der Waals surface area contributed by atoms with Gasteiger partial charge in [0.15, 0.2) is 0 Å². The van der Waals surface area contributed by atoms with Gasteiger partial charge < -0.3 is 9.80 Å². The quantitative estimate of drug-likeness (QED) is 0.111. The minimum absolute atomic E-state index is 1.11. The fourth-order valence-corrected chi connectivity index (χ4v) is 12.8. The Balaban J connectivity index is 0.989. The lowest BCUT2D eigenvalue weighted by atomic mass is 9.85. The molecule has 15 aromatic carbocycles. The Morgan fingerprint density at radius 2 is 0.494 bits per heavy atom. The van der Waals surface area contributed by atoms with Gasteiger partial charge in [-0.3, -0.25) is 0 Å². The van der Waals surface area contributed by atoms with E-state index < -0.39 is 0 Å². The Morgan fingerprint density at radius 1 is 0.221 bits per heavy atom. The van der Waals surface area contributed by atoms with Gasteiger partial charge in [0, 0.05) is 43.7 Å². The lowest BCUT2D eigenvalue weighted by Crippen LogP contribution is -2.12. The van der Waals surface area contributed by atoms with Gasteiger partial charge in [-0.05, 0) is 131 Å². The molecule has 0 aliphatic rings. The van der Waals surface area contributed by atoms with E-state index in [1.54, 1.807) is 0 Å². The van der Waals surface area contributed by atoms with Crippen LogP contribution in [0.25, 0.3) is 108 Å². The summed E-state index contributed by atoms with van der Waals surface area (Å²) >= 11 is 0. The topological polar surface area (TPSA) is 6.48 Å². The number of benzene rings is 15. The van der Waals surface area contributed by atoms with Gasteiger partial charge in [0.05, 0.1) is 22.7 Å². The number of hydrogen-bond donors (Lipinski definition) is 0. The van der Waals surface area contributed by atoms with Crippen LogP contribution in [0.5, 0.6) is 0 Å². The molecule has 0 unspecified atom stereocenters. The molecule has 15 rings (SSSR count). The van der Waals surface area contributed by atoms with Crippen molar-refractivity contribution in [1.82, 2.24) is 0 Å². The van der Waals surface area contributed by atoms with Gasteiger partial charge in [-0.2, -0.15) is 0 Å². The summed E-state index contributed by atoms with van der Waals surface area (Å²) in [6.07, 6.45) is 0. The molecule has 0 aromatic heterocycles. The first-order valence-electron chi connectivity index (χ1n) is 26.7. The van der Waals surface area contributed by atoms with E-state index in [-0.39, 0.29) is 0 Å². The molecule has 0 radical (unpaired) electrons. The van der Waals surface area contributed by atoms with Crippen LogP contribution in [0.15, 0.2) is 285 Å². The van der Waals surface area contributed by atoms with Gasteiger partial charge in [-0.25, -0.2) is 0 Å². The molecule has 360 valence electrons. The number of aryl methyl sites for hydroxylation is 1. The molecular weight excluding hydrogens is 929 g/mol. The fourth-order valence-electron chi connectivity index (χ4n) is 12.8. The average molecular weight is 979 g/mol. The first-order chi connectivity index (χ1) is 38.2. The van der Waals surface area contributed by atoms with Crippen LogP contribution in [0.4, 0.5) is 34.1 Å². The SMILES string of the molecule is Cc1cc(-c2c3ccccc3c(N(c3ccccc3)c3cc4ccccc4c4ccccc34)c3ccccc23)cc(-c2c3ccccc3c(N(c3ccccc3)c3cc4ccccc4c4ccccc34)c3ccccc23)c1. The van der Waals surface area contributed by atoms with Crippen molar-refractivity contribution in [1.29, 1.82) is 0 Å². The van der Waals surface area contributed by atoms with Crippen molar-refractivity contribution in [2.24, 2.45) is 0 Å². The van der Waals surface area contributed by atoms with E-state index >= 15 is 0 Å². The first kappa shape index (κ1) is 44.5. The molecule has 15 aromatic rings. The van der Waals surface area contributed by atoms with Gasteiger partial charge in [-0.1, -0.05) is 243 Å². The van der Waals surface area contributed by atoms with Crippen molar-refractivity contribution >= 4 is 120 Å². The normalized spacial score (nSPS) is 11.7. The molecule has 0 bridgehead atoms. The van der Waals surface area contributed by atoms with Crippen molar-refractivity contribution in [2.75, 3.05) is 9.80 Å². The summed E-state index contributed by atoms with van der Waals surface area (Å²) in [5.74, 6) is 0.